The average molecular weight is 373 g/mol. The summed E-state index contributed by atoms with van der Waals surface area (Å²) in [7, 11) is 6.01. The van der Waals surface area contributed by atoms with Gasteiger partial charge in [0.15, 0.2) is 11.0 Å². The molecule has 2 unspecified atom stereocenters. The first kappa shape index (κ1) is 17.4. The first-order chi connectivity index (χ1) is 11.5. The molecular formula is C13H12BCl2FN4O3. The SMILES string of the molecule is [B]C(Oc1nc(Cl)c(F)c2nc(Cl)[nH]c(=O)c12)C1COCCCN1. The van der Waals surface area contributed by atoms with Gasteiger partial charge in [0, 0.05) is 6.61 Å². The summed E-state index contributed by atoms with van der Waals surface area (Å²) in [5.41, 5.74) is -1.05. The smallest absolute Gasteiger partial charge is 0.265 e. The van der Waals surface area contributed by atoms with Crippen molar-refractivity contribution in [3.63, 3.8) is 0 Å². The van der Waals surface area contributed by atoms with Gasteiger partial charge in [0.1, 0.15) is 18.7 Å². The van der Waals surface area contributed by atoms with Crippen LogP contribution < -0.4 is 15.6 Å². The van der Waals surface area contributed by atoms with E-state index < -0.39 is 22.5 Å². The molecule has 1 aliphatic heterocycles. The Labute approximate surface area is 147 Å². The molecule has 0 amide bonds. The largest absolute Gasteiger partial charge is 0.482 e. The number of nitrogens with zero attached hydrogens (tertiary/aromatic N) is 2. The molecule has 1 aliphatic rings. The number of nitrogens with one attached hydrogen (secondary N) is 2. The van der Waals surface area contributed by atoms with Crippen molar-refractivity contribution in [1.82, 2.24) is 20.3 Å². The maximum atomic E-state index is 14.1. The molecule has 3 heterocycles. The number of fused-ring (bicyclic) bond motifs is 1. The monoisotopic (exact) mass is 372 g/mol. The van der Waals surface area contributed by atoms with Gasteiger partial charge < -0.3 is 14.8 Å². The number of hydrogen-bond donors (Lipinski definition) is 2. The number of halogens is 3. The number of aromatic nitrogens is 3. The van der Waals surface area contributed by atoms with E-state index in [0.29, 0.717) is 19.8 Å². The van der Waals surface area contributed by atoms with Crippen LogP contribution in [0.2, 0.25) is 10.4 Å². The summed E-state index contributed by atoms with van der Waals surface area (Å²) in [6, 6.07) is -1.22. The maximum absolute atomic E-state index is 14.1. The molecule has 0 aromatic carbocycles. The lowest BCUT2D eigenvalue weighted by Crippen LogP contribution is -2.46. The van der Waals surface area contributed by atoms with E-state index in [1.54, 1.807) is 0 Å². The summed E-state index contributed by atoms with van der Waals surface area (Å²) in [5.74, 6) is -1.18. The van der Waals surface area contributed by atoms with Gasteiger partial charge in [-0.05, 0) is 24.6 Å². The minimum absolute atomic E-state index is 0.216. The zero-order valence-corrected chi connectivity index (χ0v) is 13.8. The minimum Gasteiger partial charge on any atom is -0.482 e. The maximum Gasteiger partial charge on any atom is 0.265 e. The standard InChI is InChI=1S/C13H12BCl2FN4O3/c14-9(5-4-23-3-1-2-18-5)24-12-6-8(7(17)10(15)20-12)19-13(16)21-11(6)22/h5,9,18H,1-4H2,(H,19,21,22). The van der Waals surface area contributed by atoms with Crippen LogP contribution in [-0.4, -0.2) is 54.6 Å². The quantitative estimate of drug-likeness (QED) is 0.475. The fraction of sp³-hybridized carbons (Fsp3) is 0.462. The van der Waals surface area contributed by atoms with Gasteiger partial charge in [-0.1, -0.05) is 11.6 Å². The molecule has 2 aromatic rings. The second-order valence-electron chi connectivity index (χ2n) is 5.17. The van der Waals surface area contributed by atoms with Crippen molar-refractivity contribution in [3.8, 4) is 5.88 Å². The average Bonchev–Trinajstić information content (AvgIpc) is 2.81. The molecule has 24 heavy (non-hydrogen) atoms. The molecule has 0 aliphatic carbocycles. The molecule has 1 saturated heterocycles. The molecule has 1 fully saturated rings. The van der Waals surface area contributed by atoms with Crippen molar-refractivity contribution >= 4 is 42.0 Å². The zero-order valence-electron chi connectivity index (χ0n) is 12.3. The van der Waals surface area contributed by atoms with Gasteiger partial charge in [-0.2, -0.15) is 4.98 Å². The normalized spacial score (nSPS) is 19.9. The van der Waals surface area contributed by atoms with E-state index in [9.17, 15) is 9.18 Å². The summed E-state index contributed by atoms with van der Waals surface area (Å²) in [6.07, 6.45) is 0.842. The Morgan fingerprint density at radius 1 is 1.42 bits per heavy atom. The molecule has 126 valence electrons. The predicted octanol–water partition coefficient (Wildman–Crippen LogP) is 1.02. The third-order valence-corrected chi connectivity index (χ3v) is 3.94. The van der Waals surface area contributed by atoms with Crippen molar-refractivity contribution in [3.05, 3.63) is 26.6 Å². The van der Waals surface area contributed by atoms with Gasteiger partial charge in [-0.15, -0.1) is 0 Å². The van der Waals surface area contributed by atoms with Gasteiger partial charge in [-0.3, -0.25) is 9.78 Å². The Balaban J connectivity index is 2.00. The second-order valence-corrected chi connectivity index (χ2v) is 5.89. The van der Waals surface area contributed by atoms with E-state index in [-0.39, 0.29) is 28.1 Å². The third-order valence-electron chi connectivity index (χ3n) is 3.51. The summed E-state index contributed by atoms with van der Waals surface area (Å²) < 4.78 is 25.1. The fourth-order valence-electron chi connectivity index (χ4n) is 2.33. The minimum atomic E-state index is -0.962. The van der Waals surface area contributed by atoms with E-state index in [2.05, 4.69) is 20.3 Å². The van der Waals surface area contributed by atoms with Crippen molar-refractivity contribution in [2.24, 2.45) is 0 Å². The fourth-order valence-corrected chi connectivity index (χ4v) is 2.67. The van der Waals surface area contributed by atoms with Crippen LogP contribution in [0, 0.1) is 5.82 Å². The number of H-pyrrole nitrogens is 1. The Hall–Kier alpha value is -1.42. The van der Waals surface area contributed by atoms with Crippen LogP contribution in [-0.2, 0) is 4.74 Å². The summed E-state index contributed by atoms with van der Waals surface area (Å²) in [6.45, 7) is 1.65. The molecule has 0 bridgehead atoms. The molecule has 2 aromatic heterocycles. The van der Waals surface area contributed by atoms with Crippen molar-refractivity contribution in [2.45, 2.75) is 18.5 Å². The topological polar surface area (TPSA) is 89.1 Å². The second kappa shape index (κ2) is 7.22. The van der Waals surface area contributed by atoms with Crippen molar-refractivity contribution < 1.29 is 13.9 Å². The van der Waals surface area contributed by atoms with E-state index in [0.717, 1.165) is 6.42 Å². The predicted molar refractivity (Wildman–Crippen MR) is 87.5 cm³/mol. The van der Waals surface area contributed by atoms with Gasteiger partial charge in [0.25, 0.3) is 5.56 Å². The van der Waals surface area contributed by atoms with Crippen LogP contribution in [0.1, 0.15) is 6.42 Å². The van der Waals surface area contributed by atoms with E-state index in [1.807, 2.05) is 0 Å². The summed E-state index contributed by atoms with van der Waals surface area (Å²) in [5, 5.41) is 2.18. The number of ether oxygens (including phenoxy) is 2. The molecule has 7 nitrogen and oxygen atoms in total. The highest BCUT2D eigenvalue weighted by molar-refractivity contribution is 6.30. The van der Waals surface area contributed by atoms with Crippen LogP contribution in [0.25, 0.3) is 10.9 Å². The number of aromatic amines is 1. The third kappa shape index (κ3) is 3.49. The number of pyridine rings is 1. The van der Waals surface area contributed by atoms with Gasteiger partial charge in [-0.25, -0.2) is 9.37 Å². The Kier molecular flexibility index (Phi) is 5.24. The summed E-state index contributed by atoms with van der Waals surface area (Å²) >= 11 is 11.4. The number of rotatable bonds is 3. The number of hydrogen-bond acceptors (Lipinski definition) is 6. The molecule has 2 atom stereocenters. The lowest BCUT2D eigenvalue weighted by Gasteiger charge is -2.24. The van der Waals surface area contributed by atoms with Crippen molar-refractivity contribution in [2.75, 3.05) is 19.8 Å². The molecule has 2 radical (unpaired) electrons. The molecule has 11 heteroatoms. The van der Waals surface area contributed by atoms with Crippen LogP contribution in [0.4, 0.5) is 4.39 Å². The van der Waals surface area contributed by atoms with Crippen molar-refractivity contribution in [1.29, 1.82) is 0 Å². The highest BCUT2D eigenvalue weighted by atomic mass is 35.5. The summed E-state index contributed by atoms with van der Waals surface area (Å²) in [4.78, 5) is 21.9. The molecule has 0 saturated carbocycles. The van der Waals surface area contributed by atoms with Crippen LogP contribution in [0.3, 0.4) is 0 Å². The lowest BCUT2D eigenvalue weighted by molar-refractivity contribution is 0.103. The Bertz CT molecular complexity index is 814. The zero-order chi connectivity index (χ0) is 17.3. The lowest BCUT2D eigenvalue weighted by atomic mass is 9.92. The van der Waals surface area contributed by atoms with Crippen LogP contribution in [0.5, 0.6) is 5.88 Å². The van der Waals surface area contributed by atoms with Gasteiger partial charge >= 0.3 is 0 Å². The van der Waals surface area contributed by atoms with E-state index in [1.165, 1.54) is 0 Å². The van der Waals surface area contributed by atoms with Crippen LogP contribution in [0.15, 0.2) is 4.79 Å². The highest BCUT2D eigenvalue weighted by Crippen LogP contribution is 2.27. The van der Waals surface area contributed by atoms with E-state index in [4.69, 9.17) is 40.5 Å². The van der Waals surface area contributed by atoms with E-state index >= 15 is 0 Å². The molecule has 3 rings (SSSR count). The Morgan fingerprint density at radius 3 is 3.00 bits per heavy atom. The molecule has 0 spiro atoms. The van der Waals surface area contributed by atoms with Gasteiger partial charge in [0.2, 0.25) is 11.2 Å². The van der Waals surface area contributed by atoms with Crippen LogP contribution >= 0.6 is 23.2 Å². The first-order valence-electron chi connectivity index (χ1n) is 7.15. The highest BCUT2D eigenvalue weighted by Gasteiger charge is 2.24. The Morgan fingerprint density at radius 2 is 2.21 bits per heavy atom. The first-order valence-corrected chi connectivity index (χ1v) is 7.91. The molecular weight excluding hydrogens is 361 g/mol. The van der Waals surface area contributed by atoms with Gasteiger partial charge in [0.05, 0.1) is 18.7 Å². The molecule has 2 N–H and O–H groups in total.